The van der Waals surface area contributed by atoms with Crippen LogP contribution in [0.15, 0.2) is 42.5 Å². The van der Waals surface area contributed by atoms with Crippen molar-refractivity contribution in [1.82, 2.24) is 0 Å². The molecule has 2 aromatic carbocycles. The van der Waals surface area contributed by atoms with Crippen molar-refractivity contribution in [1.29, 1.82) is 0 Å². The van der Waals surface area contributed by atoms with Crippen molar-refractivity contribution >= 4 is 23.2 Å². The number of carbonyl (C=O) groups is 2. The summed E-state index contributed by atoms with van der Waals surface area (Å²) in [5.74, 6) is -1.03. The normalized spacial score (nSPS) is 13.5. The Morgan fingerprint density at radius 1 is 1.12 bits per heavy atom. The van der Waals surface area contributed by atoms with Gasteiger partial charge in [-0.2, -0.15) is 0 Å². The molecule has 2 aromatic rings. The zero-order valence-corrected chi connectivity index (χ0v) is 14.6. The number of benzene rings is 2. The van der Waals surface area contributed by atoms with Gasteiger partial charge in [-0.05, 0) is 36.2 Å². The minimum atomic E-state index is -0.564. The van der Waals surface area contributed by atoms with Gasteiger partial charge in [-0.3, -0.25) is 9.59 Å². The second-order valence-electron chi connectivity index (χ2n) is 7.23. The van der Waals surface area contributed by atoms with E-state index < -0.39 is 17.1 Å². The molecule has 2 amide bonds. The standard InChI is InChI=1S/C20H21FN2O2/c1-20(2,3)19(25)23-11-10-13-8-9-14(12-17(13)23)22-18(24)15-6-4-5-7-16(15)21/h4-9,12H,10-11H2,1-3H3,(H,22,24). The Balaban J connectivity index is 1.85. The Morgan fingerprint density at radius 3 is 2.52 bits per heavy atom. The summed E-state index contributed by atoms with van der Waals surface area (Å²) in [5, 5.41) is 2.71. The molecule has 3 rings (SSSR count). The minimum Gasteiger partial charge on any atom is -0.322 e. The van der Waals surface area contributed by atoms with Crippen LogP contribution in [0.1, 0.15) is 36.7 Å². The average Bonchev–Trinajstić information content (AvgIpc) is 2.96. The fourth-order valence-electron chi connectivity index (χ4n) is 2.92. The van der Waals surface area contributed by atoms with Crippen LogP contribution in [0.25, 0.3) is 0 Å². The van der Waals surface area contributed by atoms with E-state index in [2.05, 4.69) is 5.32 Å². The van der Waals surface area contributed by atoms with Crippen LogP contribution in [0, 0.1) is 11.2 Å². The summed E-state index contributed by atoms with van der Waals surface area (Å²) in [6.07, 6.45) is 0.790. The van der Waals surface area contributed by atoms with Gasteiger partial charge in [0.2, 0.25) is 5.91 Å². The van der Waals surface area contributed by atoms with Crippen molar-refractivity contribution in [3.8, 4) is 0 Å². The number of rotatable bonds is 2. The highest BCUT2D eigenvalue weighted by atomic mass is 19.1. The Morgan fingerprint density at radius 2 is 1.84 bits per heavy atom. The second kappa shape index (κ2) is 6.31. The average molecular weight is 340 g/mol. The van der Waals surface area contributed by atoms with Crippen LogP contribution in [-0.4, -0.2) is 18.4 Å². The summed E-state index contributed by atoms with van der Waals surface area (Å²) >= 11 is 0. The molecule has 1 aliphatic heterocycles. The SMILES string of the molecule is CC(C)(C)C(=O)N1CCc2ccc(NC(=O)c3ccccc3F)cc21. The number of halogens is 1. The van der Waals surface area contributed by atoms with Gasteiger partial charge in [-0.1, -0.05) is 39.0 Å². The van der Waals surface area contributed by atoms with Gasteiger partial charge in [0.1, 0.15) is 5.82 Å². The summed E-state index contributed by atoms with van der Waals surface area (Å²) in [5.41, 5.74) is 1.94. The number of carbonyl (C=O) groups excluding carboxylic acids is 2. The van der Waals surface area contributed by atoms with Crippen molar-refractivity contribution in [3.05, 3.63) is 59.4 Å². The van der Waals surface area contributed by atoms with Crippen LogP contribution in [-0.2, 0) is 11.2 Å². The van der Waals surface area contributed by atoms with Crippen molar-refractivity contribution in [2.24, 2.45) is 5.41 Å². The van der Waals surface area contributed by atoms with E-state index in [1.54, 1.807) is 23.1 Å². The molecule has 0 saturated heterocycles. The van der Waals surface area contributed by atoms with Gasteiger partial charge >= 0.3 is 0 Å². The Hall–Kier alpha value is -2.69. The van der Waals surface area contributed by atoms with E-state index >= 15 is 0 Å². The maximum Gasteiger partial charge on any atom is 0.258 e. The van der Waals surface area contributed by atoms with Crippen molar-refractivity contribution in [2.75, 3.05) is 16.8 Å². The Bertz CT molecular complexity index is 840. The molecule has 0 bridgehead atoms. The Kier molecular flexibility index (Phi) is 4.33. The molecule has 0 aliphatic carbocycles. The van der Waals surface area contributed by atoms with Crippen LogP contribution < -0.4 is 10.2 Å². The van der Waals surface area contributed by atoms with Crippen LogP contribution >= 0.6 is 0 Å². The number of hydrogen-bond donors (Lipinski definition) is 1. The summed E-state index contributed by atoms with van der Waals surface area (Å²) < 4.78 is 13.7. The molecular formula is C20H21FN2O2. The van der Waals surface area contributed by atoms with Gasteiger partial charge in [-0.15, -0.1) is 0 Å². The molecular weight excluding hydrogens is 319 g/mol. The second-order valence-corrected chi connectivity index (χ2v) is 7.23. The first kappa shape index (κ1) is 17.1. The van der Waals surface area contributed by atoms with Gasteiger partial charge < -0.3 is 10.2 Å². The molecule has 130 valence electrons. The number of amides is 2. The lowest BCUT2D eigenvalue weighted by Crippen LogP contribution is -2.38. The third kappa shape index (κ3) is 3.40. The first-order valence-electron chi connectivity index (χ1n) is 8.28. The molecule has 0 fully saturated rings. The zero-order chi connectivity index (χ0) is 18.2. The topological polar surface area (TPSA) is 49.4 Å². The third-order valence-corrected chi connectivity index (χ3v) is 4.24. The van der Waals surface area contributed by atoms with E-state index in [0.29, 0.717) is 12.2 Å². The van der Waals surface area contributed by atoms with Crippen molar-refractivity contribution in [2.45, 2.75) is 27.2 Å². The lowest BCUT2D eigenvalue weighted by Gasteiger charge is -2.26. The van der Waals surface area contributed by atoms with Gasteiger partial charge in [0.15, 0.2) is 0 Å². The number of fused-ring (bicyclic) bond motifs is 1. The lowest BCUT2D eigenvalue weighted by atomic mass is 9.94. The van der Waals surface area contributed by atoms with Crippen molar-refractivity contribution < 1.29 is 14.0 Å². The van der Waals surface area contributed by atoms with E-state index in [9.17, 15) is 14.0 Å². The van der Waals surface area contributed by atoms with Crippen LogP contribution in [0.4, 0.5) is 15.8 Å². The third-order valence-electron chi connectivity index (χ3n) is 4.24. The van der Waals surface area contributed by atoms with E-state index in [1.807, 2.05) is 26.8 Å². The van der Waals surface area contributed by atoms with E-state index in [1.165, 1.54) is 18.2 Å². The number of anilines is 2. The molecule has 0 spiro atoms. The molecule has 1 aliphatic rings. The highest BCUT2D eigenvalue weighted by Gasteiger charge is 2.32. The molecule has 0 saturated carbocycles. The molecule has 1 N–H and O–H groups in total. The summed E-state index contributed by atoms with van der Waals surface area (Å²) in [6, 6.07) is 11.3. The summed E-state index contributed by atoms with van der Waals surface area (Å²) in [6.45, 7) is 6.29. The number of nitrogens with one attached hydrogen (secondary N) is 1. The van der Waals surface area contributed by atoms with Gasteiger partial charge in [0.25, 0.3) is 5.91 Å². The van der Waals surface area contributed by atoms with Crippen molar-refractivity contribution in [3.63, 3.8) is 0 Å². The zero-order valence-electron chi connectivity index (χ0n) is 14.6. The maximum atomic E-state index is 13.7. The highest BCUT2D eigenvalue weighted by Crippen LogP contribution is 2.34. The van der Waals surface area contributed by atoms with Gasteiger partial charge in [0, 0.05) is 23.3 Å². The molecule has 4 nitrogen and oxygen atoms in total. The summed E-state index contributed by atoms with van der Waals surface area (Å²) in [7, 11) is 0. The lowest BCUT2D eigenvalue weighted by molar-refractivity contribution is -0.125. The smallest absolute Gasteiger partial charge is 0.258 e. The van der Waals surface area contributed by atoms with Crippen LogP contribution in [0.5, 0.6) is 0 Å². The molecule has 0 radical (unpaired) electrons. The van der Waals surface area contributed by atoms with Gasteiger partial charge in [-0.25, -0.2) is 4.39 Å². The van der Waals surface area contributed by atoms with E-state index in [0.717, 1.165) is 17.7 Å². The fourth-order valence-corrected chi connectivity index (χ4v) is 2.92. The fraction of sp³-hybridized carbons (Fsp3) is 0.300. The predicted molar refractivity (Wildman–Crippen MR) is 96.3 cm³/mol. The number of hydrogen-bond acceptors (Lipinski definition) is 2. The molecule has 0 unspecified atom stereocenters. The molecule has 0 atom stereocenters. The molecule has 25 heavy (non-hydrogen) atoms. The van der Waals surface area contributed by atoms with Gasteiger partial charge in [0.05, 0.1) is 5.56 Å². The van der Waals surface area contributed by atoms with Crippen LogP contribution in [0.2, 0.25) is 0 Å². The monoisotopic (exact) mass is 340 g/mol. The minimum absolute atomic E-state index is 0.00868. The first-order chi connectivity index (χ1) is 11.8. The van der Waals surface area contributed by atoms with E-state index in [-0.39, 0.29) is 11.5 Å². The number of nitrogens with zero attached hydrogens (tertiary/aromatic N) is 1. The molecule has 5 heteroatoms. The van der Waals surface area contributed by atoms with Crippen LogP contribution in [0.3, 0.4) is 0 Å². The first-order valence-corrected chi connectivity index (χ1v) is 8.28. The Labute approximate surface area is 146 Å². The maximum absolute atomic E-state index is 13.7. The highest BCUT2D eigenvalue weighted by molar-refractivity contribution is 6.05. The molecule has 0 aromatic heterocycles. The molecule has 1 heterocycles. The quantitative estimate of drug-likeness (QED) is 0.898. The largest absolute Gasteiger partial charge is 0.322 e. The summed E-state index contributed by atoms with van der Waals surface area (Å²) in [4.78, 5) is 26.7. The predicted octanol–water partition coefficient (Wildman–Crippen LogP) is 4.01. The van der Waals surface area contributed by atoms with E-state index in [4.69, 9.17) is 0 Å².